The van der Waals surface area contributed by atoms with E-state index in [0.29, 0.717) is 13.0 Å². The van der Waals surface area contributed by atoms with E-state index in [4.69, 9.17) is 5.11 Å². The van der Waals surface area contributed by atoms with Crippen LogP contribution in [-0.4, -0.2) is 51.2 Å². The summed E-state index contributed by atoms with van der Waals surface area (Å²) in [6.07, 6.45) is 2.72. The lowest BCUT2D eigenvalue weighted by Gasteiger charge is -2.19. The fourth-order valence-corrected chi connectivity index (χ4v) is 2.55. The standard InChI is InChI=1S/C14H21N3O3S/c1-5-17(8-13(19)20)12(18)7-6-11-9(2)15-14(21-4)16-10(11)3/h5-8H2,1-4H3,(H,19,20). The molecule has 0 radical (unpaired) electrons. The molecule has 0 saturated carbocycles. The van der Waals surface area contributed by atoms with Gasteiger partial charge in [0.1, 0.15) is 6.54 Å². The predicted molar refractivity (Wildman–Crippen MR) is 81.5 cm³/mol. The second-order valence-electron chi connectivity index (χ2n) is 4.66. The number of nitrogens with zero attached hydrogens (tertiary/aromatic N) is 3. The molecule has 0 aliphatic heterocycles. The third-order valence-corrected chi connectivity index (χ3v) is 3.78. The largest absolute Gasteiger partial charge is 0.480 e. The van der Waals surface area contributed by atoms with Crippen LogP contribution in [0.15, 0.2) is 5.16 Å². The molecule has 0 unspecified atom stereocenters. The summed E-state index contributed by atoms with van der Waals surface area (Å²) in [7, 11) is 0. The number of carbonyl (C=O) groups is 2. The van der Waals surface area contributed by atoms with Crippen LogP contribution in [0.1, 0.15) is 30.3 Å². The van der Waals surface area contributed by atoms with Crippen molar-refractivity contribution < 1.29 is 14.7 Å². The molecular formula is C14H21N3O3S. The number of carboxylic acid groups (broad SMARTS) is 1. The molecule has 0 saturated heterocycles. The molecule has 0 bridgehead atoms. The summed E-state index contributed by atoms with van der Waals surface area (Å²) >= 11 is 1.48. The normalized spacial score (nSPS) is 10.5. The van der Waals surface area contributed by atoms with E-state index in [-0.39, 0.29) is 18.9 Å². The zero-order chi connectivity index (χ0) is 16.0. The topological polar surface area (TPSA) is 83.4 Å². The average Bonchev–Trinajstić information content (AvgIpc) is 2.42. The predicted octanol–water partition coefficient (Wildman–Crippen LogP) is 1.68. The Morgan fingerprint density at radius 1 is 1.24 bits per heavy atom. The highest BCUT2D eigenvalue weighted by Crippen LogP contribution is 2.17. The van der Waals surface area contributed by atoms with Gasteiger partial charge in [-0.25, -0.2) is 9.97 Å². The first kappa shape index (κ1) is 17.4. The number of likely N-dealkylation sites (N-methyl/N-ethyl adjacent to an activating group) is 1. The highest BCUT2D eigenvalue weighted by molar-refractivity contribution is 7.98. The van der Waals surface area contributed by atoms with Gasteiger partial charge in [-0.3, -0.25) is 9.59 Å². The van der Waals surface area contributed by atoms with Crippen molar-refractivity contribution in [2.75, 3.05) is 19.3 Å². The Hall–Kier alpha value is -1.63. The highest BCUT2D eigenvalue weighted by atomic mass is 32.2. The Morgan fingerprint density at radius 3 is 2.24 bits per heavy atom. The van der Waals surface area contributed by atoms with Gasteiger partial charge in [0.25, 0.3) is 0 Å². The van der Waals surface area contributed by atoms with Gasteiger partial charge in [-0.05, 0) is 39.0 Å². The van der Waals surface area contributed by atoms with E-state index in [1.165, 1.54) is 16.7 Å². The highest BCUT2D eigenvalue weighted by Gasteiger charge is 2.16. The van der Waals surface area contributed by atoms with Crippen molar-refractivity contribution in [3.8, 4) is 0 Å². The summed E-state index contributed by atoms with van der Waals surface area (Å²) in [5.74, 6) is -1.15. The van der Waals surface area contributed by atoms with Gasteiger partial charge >= 0.3 is 5.97 Å². The molecule has 0 spiro atoms. The summed E-state index contributed by atoms with van der Waals surface area (Å²) in [5.41, 5.74) is 2.72. The molecule has 0 atom stereocenters. The van der Waals surface area contributed by atoms with E-state index in [2.05, 4.69) is 9.97 Å². The van der Waals surface area contributed by atoms with Crippen molar-refractivity contribution in [1.29, 1.82) is 0 Å². The van der Waals surface area contributed by atoms with E-state index in [0.717, 1.165) is 22.1 Å². The van der Waals surface area contributed by atoms with Crippen LogP contribution in [0, 0.1) is 13.8 Å². The summed E-state index contributed by atoms with van der Waals surface area (Å²) < 4.78 is 0. The fraction of sp³-hybridized carbons (Fsp3) is 0.571. The van der Waals surface area contributed by atoms with E-state index in [1.807, 2.05) is 20.1 Å². The van der Waals surface area contributed by atoms with Gasteiger partial charge in [-0.15, -0.1) is 0 Å². The number of aliphatic carboxylic acids is 1. The van der Waals surface area contributed by atoms with Gasteiger partial charge in [-0.1, -0.05) is 11.8 Å². The van der Waals surface area contributed by atoms with Crippen molar-refractivity contribution in [2.45, 2.75) is 38.8 Å². The molecule has 1 rings (SSSR count). The van der Waals surface area contributed by atoms with Gasteiger partial charge in [0, 0.05) is 24.4 Å². The van der Waals surface area contributed by atoms with Gasteiger partial charge in [0.15, 0.2) is 5.16 Å². The number of carboxylic acids is 1. The maximum absolute atomic E-state index is 12.0. The molecule has 0 aliphatic rings. The van der Waals surface area contributed by atoms with Crippen molar-refractivity contribution in [3.05, 3.63) is 17.0 Å². The molecule has 6 nitrogen and oxygen atoms in total. The van der Waals surface area contributed by atoms with Gasteiger partial charge in [0.2, 0.25) is 5.91 Å². The Labute approximate surface area is 129 Å². The number of aryl methyl sites for hydroxylation is 2. The third-order valence-electron chi connectivity index (χ3n) is 3.23. The summed E-state index contributed by atoms with van der Waals surface area (Å²) in [4.78, 5) is 32.8. The molecule has 116 valence electrons. The van der Waals surface area contributed by atoms with Gasteiger partial charge in [-0.2, -0.15) is 0 Å². The van der Waals surface area contributed by atoms with E-state index < -0.39 is 5.97 Å². The third kappa shape index (κ3) is 5.00. The lowest BCUT2D eigenvalue weighted by molar-refractivity contribution is -0.144. The van der Waals surface area contributed by atoms with Crippen molar-refractivity contribution in [2.24, 2.45) is 0 Å². The smallest absolute Gasteiger partial charge is 0.323 e. The monoisotopic (exact) mass is 311 g/mol. The first-order valence-electron chi connectivity index (χ1n) is 6.76. The lowest BCUT2D eigenvalue weighted by Crippen LogP contribution is -2.35. The molecule has 1 N–H and O–H groups in total. The molecule has 1 aromatic heterocycles. The maximum atomic E-state index is 12.0. The number of amides is 1. The van der Waals surface area contributed by atoms with Crippen LogP contribution in [0.4, 0.5) is 0 Å². The Bertz CT molecular complexity index is 511. The first-order valence-corrected chi connectivity index (χ1v) is 7.99. The maximum Gasteiger partial charge on any atom is 0.323 e. The van der Waals surface area contributed by atoms with E-state index >= 15 is 0 Å². The van der Waals surface area contributed by atoms with Gasteiger partial charge < -0.3 is 10.0 Å². The molecule has 0 aliphatic carbocycles. The first-order chi connectivity index (χ1) is 9.88. The van der Waals surface area contributed by atoms with Crippen LogP contribution in [0.3, 0.4) is 0 Å². The summed E-state index contributed by atoms with van der Waals surface area (Å²) in [6, 6.07) is 0. The summed E-state index contributed by atoms with van der Waals surface area (Å²) in [6.45, 7) is 5.72. The lowest BCUT2D eigenvalue weighted by atomic mass is 10.1. The molecule has 0 fully saturated rings. The molecule has 1 amide bonds. The minimum absolute atomic E-state index is 0.160. The van der Waals surface area contributed by atoms with Crippen LogP contribution in [0.5, 0.6) is 0 Å². The van der Waals surface area contributed by atoms with E-state index in [9.17, 15) is 9.59 Å². The number of thioether (sulfide) groups is 1. The minimum Gasteiger partial charge on any atom is -0.480 e. The number of carbonyl (C=O) groups excluding carboxylic acids is 1. The van der Waals surface area contributed by atoms with Crippen LogP contribution in [0.2, 0.25) is 0 Å². The molecule has 1 heterocycles. The Balaban J connectivity index is 2.74. The second kappa shape index (κ2) is 7.97. The van der Waals surface area contributed by atoms with E-state index in [1.54, 1.807) is 6.92 Å². The van der Waals surface area contributed by atoms with Crippen molar-refractivity contribution in [3.63, 3.8) is 0 Å². The Morgan fingerprint density at radius 2 is 1.81 bits per heavy atom. The van der Waals surface area contributed by atoms with Crippen molar-refractivity contribution >= 4 is 23.6 Å². The minimum atomic E-state index is -0.995. The van der Waals surface area contributed by atoms with Crippen LogP contribution < -0.4 is 0 Å². The van der Waals surface area contributed by atoms with Crippen LogP contribution in [-0.2, 0) is 16.0 Å². The molecule has 0 aromatic carbocycles. The van der Waals surface area contributed by atoms with Crippen LogP contribution >= 0.6 is 11.8 Å². The zero-order valence-corrected chi connectivity index (χ0v) is 13.7. The van der Waals surface area contributed by atoms with Crippen LogP contribution in [0.25, 0.3) is 0 Å². The molecule has 1 aromatic rings. The van der Waals surface area contributed by atoms with Gasteiger partial charge in [0.05, 0.1) is 0 Å². The van der Waals surface area contributed by atoms with Crippen molar-refractivity contribution in [1.82, 2.24) is 14.9 Å². The Kier molecular flexibility index (Phi) is 6.61. The number of rotatable bonds is 7. The number of hydrogen-bond acceptors (Lipinski definition) is 5. The molecule has 21 heavy (non-hydrogen) atoms. The average molecular weight is 311 g/mol. The molecule has 7 heteroatoms. The number of hydrogen-bond donors (Lipinski definition) is 1. The zero-order valence-electron chi connectivity index (χ0n) is 12.8. The summed E-state index contributed by atoms with van der Waals surface area (Å²) in [5, 5.41) is 9.50. The second-order valence-corrected chi connectivity index (χ2v) is 5.43. The quantitative estimate of drug-likeness (QED) is 0.609. The molecular weight excluding hydrogens is 290 g/mol. The SMILES string of the molecule is CCN(CC(=O)O)C(=O)CCc1c(C)nc(SC)nc1C. The fourth-order valence-electron chi connectivity index (χ4n) is 2.09. The number of aromatic nitrogens is 2.